The second-order valence-electron chi connectivity index (χ2n) is 9.71. The lowest BCUT2D eigenvalue weighted by Gasteiger charge is -2.43. The maximum atomic E-state index is 14.9. The number of ether oxygens (including phenoxy) is 3. The molecule has 5 rings (SSSR count). The van der Waals surface area contributed by atoms with E-state index in [0.29, 0.717) is 44.7 Å². The molecule has 212 valence electrons. The maximum absolute atomic E-state index is 14.9. The third-order valence-corrected chi connectivity index (χ3v) is 8.33. The number of benzene rings is 3. The minimum absolute atomic E-state index is 0.0769. The highest BCUT2D eigenvalue weighted by Crippen LogP contribution is 2.60. The van der Waals surface area contributed by atoms with Gasteiger partial charge in [-0.1, -0.05) is 54.1 Å². The largest absolute Gasteiger partial charge is 0.508 e. The van der Waals surface area contributed by atoms with Gasteiger partial charge in [0, 0.05) is 28.6 Å². The van der Waals surface area contributed by atoms with Crippen LogP contribution >= 0.6 is 23.2 Å². The van der Waals surface area contributed by atoms with Gasteiger partial charge >= 0.3 is 0 Å². The Kier molecular flexibility index (Phi) is 7.64. The van der Waals surface area contributed by atoms with Gasteiger partial charge in [0.2, 0.25) is 0 Å². The first-order valence-electron chi connectivity index (χ1n) is 12.7. The number of fused-ring (bicyclic) bond motifs is 1. The molecule has 3 aromatic rings. The van der Waals surface area contributed by atoms with Gasteiger partial charge in [-0.25, -0.2) is 0 Å². The molecule has 3 atom stereocenters. The summed E-state index contributed by atoms with van der Waals surface area (Å²) in [7, 11) is 4.48. The van der Waals surface area contributed by atoms with E-state index < -0.39 is 29.1 Å². The Labute approximate surface area is 247 Å². The smallest absolute Gasteiger partial charge is 0.260 e. The summed E-state index contributed by atoms with van der Waals surface area (Å²) < 4.78 is 16.8. The molecule has 0 spiro atoms. The highest BCUT2D eigenvalue weighted by atomic mass is 35.5. The zero-order chi connectivity index (χ0) is 29.5. The normalized spacial score (nSPS) is 21.7. The van der Waals surface area contributed by atoms with E-state index in [4.69, 9.17) is 37.4 Å². The lowest BCUT2D eigenvalue weighted by atomic mass is 9.55. The molecular weight excluding hydrogens is 567 g/mol. The van der Waals surface area contributed by atoms with Crippen LogP contribution in [0.1, 0.15) is 23.5 Å². The summed E-state index contributed by atoms with van der Waals surface area (Å²) >= 11 is 12.5. The Balaban J connectivity index is 1.80. The molecule has 2 aliphatic rings. The standard InChI is InChI=1S/C31H28Cl2N2O6/c1-5-17-6-12-22-29(37)35(34-24-13-9-19(32)14-23(24)33)30(38)31(22,18-7-10-21(39-2)11-8-18)28(17)27-25(40-3)15-20(36)16-26(27)41-4/h5-11,13-16,22,28,34,36H,1,12H2,2-4H3/t22-,28+,31+/m0/s1. The molecule has 0 radical (unpaired) electrons. The fraction of sp³-hybridized carbons (Fsp3) is 0.226. The van der Waals surface area contributed by atoms with Gasteiger partial charge in [-0.2, -0.15) is 5.01 Å². The van der Waals surface area contributed by atoms with Gasteiger partial charge < -0.3 is 19.3 Å². The molecule has 1 fully saturated rings. The maximum Gasteiger partial charge on any atom is 0.260 e. The van der Waals surface area contributed by atoms with Crippen LogP contribution in [0.25, 0.3) is 0 Å². The number of amides is 2. The second kappa shape index (κ2) is 11.0. The quantitative estimate of drug-likeness (QED) is 0.296. The van der Waals surface area contributed by atoms with Crippen molar-refractivity contribution in [2.75, 3.05) is 26.8 Å². The Morgan fingerprint density at radius 3 is 2.22 bits per heavy atom. The second-order valence-corrected chi connectivity index (χ2v) is 10.5. The van der Waals surface area contributed by atoms with Gasteiger partial charge in [0.05, 0.1) is 43.4 Å². The lowest BCUT2D eigenvalue weighted by molar-refractivity contribution is -0.138. The van der Waals surface area contributed by atoms with Crippen molar-refractivity contribution in [3.63, 3.8) is 0 Å². The van der Waals surface area contributed by atoms with Crippen molar-refractivity contribution in [1.29, 1.82) is 0 Å². The zero-order valence-electron chi connectivity index (χ0n) is 22.6. The molecule has 2 amide bonds. The number of anilines is 1. The van der Waals surface area contributed by atoms with E-state index in [1.165, 1.54) is 32.4 Å². The van der Waals surface area contributed by atoms with Crippen LogP contribution in [0.2, 0.25) is 10.0 Å². The monoisotopic (exact) mass is 594 g/mol. The Hall–Kier alpha value is -4.14. The van der Waals surface area contributed by atoms with Crippen LogP contribution in [0.4, 0.5) is 5.69 Å². The molecule has 0 unspecified atom stereocenters. The molecule has 1 heterocycles. The van der Waals surface area contributed by atoms with Crippen LogP contribution < -0.4 is 19.6 Å². The van der Waals surface area contributed by atoms with Crippen molar-refractivity contribution in [3.05, 3.63) is 100 Å². The minimum Gasteiger partial charge on any atom is -0.508 e. The first kappa shape index (κ1) is 28.4. The molecular formula is C31H28Cl2N2O6. The molecule has 10 heteroatoms. The SMILES string of the molecule is C=CC1=CC[C@H]2C(=O)N(Nc3ccc(Cl)cc3Cl)C(=O)[C@@]2(c2ccc(OC)cc2)[C@H]1c1c(OC)cc(O)cc1OC. The number of carbonyl (C=O) groups is 2. The van der Waals surface area contributed by atoms with E-state index in [2.05, 4.69) is 12.0 Å². The topological polar surface area (TPSA) is 97.3 Å². The molecule has 0 saturated carbocycles. The number of hydrogen-bond donors (Lipinski definition) is 2. The molecule has 0 bridgehead atoms. The fourth-order valence-corrected chi connectivity index (χ4v) is 6.45. The summed E-state index contributed by atoms with van der Waals surface area (Å²) in [5, 5.41) is 12.1. The predicted molar refractivity (Wildman–Crippen MR) is 157 cm³/mol. The van der Waals surface area contributed by atoms with Crippen LogP contribution in [0, 0.1) is 5.92 Å². The Morgan fingerprint density at radius 2 is 1.66 bits per heavy atom. The number of nitrogens with one attached hydrogen (secondary N) is 1. The number of hydrogen-bond acceptors (Lipinski definition) is 7. The van der Waals surface area contributed by atoms with E-state index >= 15 is 0 Å². The van der Waals surface area contributed by atoms with Gasteiger partial charge in [0.15, 0.2) is 0 Å². The summed E-state index contributed by atoms with van der Waals surface area (Å²) in [4.78, 5) is 29.0. The highest BCUT2D eigenvalue weighted by Gasteiger charge is 2.66. The average molecular weight is 595 g/mol. The number of imide groups is 1. The number of phenols is 1. The molecule has 2 N–H and O–H groups in total. The van der Waals surface area contributed by atoms with Crippen molar-refractivity contribution in [1.82, 2.24) is 5.01 Å². The molecule has 1 aliphatic heterocycles. The van der Waals surface area contributed by atoms with E-state index in [9.17, 15) is 14.7 Å². The third-order valence-electron chi connectivity index (χ3n) is 7.79. The number of nitrogens with zero attached hydrogens (tertiary/aromatic N) is 1. The van der Waals surface area contributed by atoms with Crippen LogP contribution in [0.15, 0.2) is 78.9 Å². The van der Waals surface area contributed by atoms with Crippen molar-refractivity contribution < 1.29 is 28.9 Å². The third kappa shape index (κ3) is 4.47. The average Bonchev–Trinajstić information content (AvgIpc) is 3.19. The summed E-state index contributed by atoms with van der Waals surface area (Å²) in [5.74, 6) is -1.45. The number of carbonyl (C=O) groups excluding carboxylic acids is 2. The van der Waals surface area contributed by atoms with E-state index in [0.717, 1.165) is 5.01 Å². The van der Waals surface area contributed by atoms with Crippen molar-refractivity contribution in [2.45, 2.75) is 17.8 Å². The number of phenolic OH excluding ortho intramolecular Hbond substituents is 1. The van der Waals surface area contributed by atoms with E-state index in [1.807, 2.05) is 6.08 Å². The molecule has 41 heavy (non-hydrogen) atoms. The summed E-state index contributed by atoms with van der Waals surface area (Å²) in [6.07, 6.45) is 3.84. The first-order chi connectivity index (χ1) is 19.7. The molecule has 1 saturated heterocycles. The van der Waals surface area contributed by atoms with Gasteiger partial charge in [0.1, 0.15) is 23.0 Å². The molecule has 1 aliphatic carbocycles. The number of hydrazine groups is 1. The minimum atomic E-state index is -1.47. The molecule has 0 aromatic heterocycles. The van der Waals surface area contributed by atoms with Crippen LogP contribution in [0.3, 0.4) is 0 Å². The van der Waals surface area contributed by atoms with Crippen molar-refractivity contribution in [2.24, 2.45) is 5.92 Å². The van der Waals surface area contributed by atoms with Gasteiger partial charge in [-0.15, -0.1) is 0 Å². The van der Waals surface area contributed by atoms with E-state index in [1.54, 1.807) is 49.6 Å². The number of allylic oxidation sites excluding steroid dienone is 3. The van der Waals surface area contributed by atoms with Crippen molar-refractivity contribution >= 4 is 40.7 Å². The zero-order valence-corrected chi connectivity index (χ0v) is 24.1. The predicted octanol–water partition coefficient (Wildman–Crippen LogP) is 6.27. The Bertz CT molecular complexity index is 1550. The van der Waals surface area contributed by atoms with Gasteiger partial charge in [-0.3, -0.25) is 15.0 Å². The van der Waals surface area contributed by atoms with Gasteiger partial charge in [0.25, 0.3) is 11.8 Å². The van der Waals surface area contributed by atoms with Crippen LogP contribution in [-0.4, -0.2) is 43.3 Å². The van der Waals surface area contributed by atoms with Crippen LogP contribution in [0.5, 0.6) is 23.0 Å². The number of rotatable bonds is 8. The molecule has 3 aromatic carbocycles. The molecule has 8 nitrogen and oxygen atoms in total. The number of halogens is 2. The van der Waals surface area contributed by atoms with Gasteiger partial charge in [-0.05, 0) is 47.9 Å². The number of aromatic hydroxyl groups is 1. The van der Waals surface area contributed by atoms with Crippen LogP contribution in [-0.2, 0) is 15.0 Å². The fourth-order valence-electron chi connectivity index (χ4n) is 6.00. The highest BCUT2D eigenvalue weighted by molar-refractivity contribution is 6.36. The first-order valence-corrected chi connectivity index (χ1v) is 13.5. The lowest BCUT2D eigenvalue weighted by Crippen LogP contribution is -2.48. The summed E-state index contributed by atoms with van der Waals surface area (Å²) in [6.45, 7) is 4.03. The van der Waals surface area contributed by atoms with Crippen molar-refractivity contribution in [3.8, 4) is 23.0 Å². The summed E-state index contributed by atoms with van der Waals surface area (Å²) in [5.41, 5.74) is 3.60. The Morgan fingerprint density at radius 1 is 1.00 bits per heavy atom. The van der Waals surface area contributed by atoms with E-state index in [-0.39, 0.29) is 17.2 Å². The summed E-state index contributed by atoms with van der Waals surface area (Å²) in [6, 6.07) is 14.7. The number of methoxy groups -OCH3 is 3.